The molecular weight excluding hydrogens is 690 g/mol. The topological polar surface area (TPSA) is 107 Å². The third kappa shape index (κ3) is 5.01. The molecule has 1 N–H and O–H groups in total. The van der Waals surface area contributed by atoms with Crippen LogP contribution in [0.15, 0.2) is 109 Å². The smallest absolute Gasteiger partial charge is 0.246 e. The number of aryl methyl sites for hydroxylation is 1. The van der Waals surface area contributed by atoms with Crippen molar-refractivity contribution < 1.29 is 29.0 Å². The molecule has 0 radical (unpaired) electrons. The maximum atomic E-state index is 15.4. The van der Waals surface area contributed by atoms with Crippen LogP contribution in [0, 0.1) is 30.6 Å². The van der Waals surface area contributed by atoms with Crippen molar-refractivity contribution in [2.24, 2.45) is 23.7 Å². The van der Waals surface area contributed by atoms with E-state index in [0.717, 1.165) is 29.9 Å². The minimum absolute atomic E-state index is 0.116. The highest BCUT2D eigenvalue weighted by Gasteiger charge is 2.70. The number of phenolic OH excluding ortho intramolecular Hbond substituents is 1. The van der Waals surface area contributed by atoms with E-state index in [-0.39, 0.29) is 35.8 Å². The maximum Gasteiger partial charge on any atom is 0.246 e. The number of aromatic hydroxyl groups is 1. The molecule has 4 aromatic rings. The number of halogens is 1. The van der Waals surface area contributed by atoms with Gasteiger partial charge in [-0.3, -0.25) is 24.1 Å². The van der Waals surface area contributed by atoms with Gasteiger partial charge in [0.15, 0.2) is 0 Å². The lowest BCUT2D eigenvalue weighted by Crippen LogP contribution is -2.53. The number of carbonyl (C=O) groups excluding carboxylic acids is 4. The van der Waals surface area contributed by atoms with Crippen LogP contribution in [0.3, 0.4) is 0 Å². The van der Waals surface area contributed by atoms with Crippen LogP contribution in [0.5, 0.6) is 5.75 Å². The van der Waals surface area contributed by atoms with Gasteiger partial charge in [0.05, 0.1) is 47.8 Å². The minimum atomic E-state index is -1.38. The summed E-state index contributed by atoms with van der Waals surface area (Å²) in [5.74, 6) is -4.47. The Morgan fingerprint density at radius 1 is 0.755 bits per heavy atom. The Balaban J connectivity index is 1.18. The first kappa shape index (κ1) is 33.6. The van der Waals surface area contributed by atoms with Crippen LogP contribution in [-0.2, 0) is 29.3 Å². The summed E-state index contributed by atoms with van der Waals surface area (Å²) in [6.45, 7) is 4.63. The molecule has 0 spiro atoms. The number of amides is 4. The van der Waals surface area contributed by atoms with E-state index in [9.17, 15) is 19.5 Å². The Morgan fingerprint density at radius 2 is 1.49 bits per heavy atom. The fourth-order valence-corrected chi connectivity index (χ4v) is 10.1. The molecule has 6 atom stereocenters. The molecule has 1 saturated carbocycles. The number of phenols is 1. The summed E-state index contributed by atoms with van der Waals surface area (Å²) in [6, 6.07) is 29.0. The van der Waals surface area contributed by atoms with Crippen LogP contribution in [0.1, 0.15) is 35.4 Å². The number of anilines is 3. The second-order valence-electron chi connectivity index (χ2n) is 14.8. The van der Waals surface area contributed by atoms with Gasteiger partial charge in [-0.15, -0.1) is 0 Å². The molecule has 3 heterocycles. The standard InChI is InChI=1S/C43H38ClN3O6/c1-25-22-26(10-17-36(25)48)38-32-15-16-33-37(41(51)46(39(33)49)30-13-11-29(12-14-30)45-18-20-53-21-19-45)34(32)24-35-40(50)47(31-9-5-8-28(44)23-31)42(52)43(35,38)27-6-3-2-4-7-27/h2-15,17,22-23,33-35,37-38,48H,16,18-21,24H2,1H3/t33-,34+,35-,37-,38-,43+/m0/s1. The first-order valence-electron chi connectivity index (χ1n) is 18.2. The number of ether oxygens (including phenoxy) is 1. The van der Waals surface area contributed by atoms with Crippen molar-refractivity contribution in [3.63, 3.8) is 0 Å². The van der Waals surface area contributed by atoms with Gasteiger partial charge in [-0.2, -0.15) is 0 Å². The summed E-state index contributed by atoms with van der Waals surface area (Å²) < 4.78 is 5.50. The molecule has 0 aromatic heterocycles. The Hall–Kier alpha value is -5.25. The largest absolute Gasteiger partial charge is 0.508 e. The Bertz CT molecular complexity index is 2200. The van der Waals surface area contributed by atoms with Crippen LogP contribution in [0.25, 0.3) is 0 Å². The molecule has 4 amide bonds. The molecule has 9 rings (SSSR count). The zero-order valence-corrected chi connectivity index (χ0v) is 29.9. The third-order valence-corrected chi connectivity index (χ3v) is 12.4. The van der Waals surface area contributed by atoms with E-state index in [1.807, 2.05) is 66.7 Å². The van der Waals surface area contributed by atoms with E-state index < -0.39 is 35.0 Å². The molecule has 3 aliphatic heterocycles. The van der Waals surface area contributed by atoms with Crippen LogP contribution >= 0.6 is 11.6 Å². The van der Waals surface area contributed by atoms with Gasteiger partial charge in [0.25, 0.3) is 0 Å². The van der Waals surface area contributed by atoms with Crippen molar-refractivity contribution in [2.45, 2.75) is 31.1 Å². The molecule has 5 aliphatic rings. The monoisotopic (exact) mass is 727 g/mol. The molecule has 4 aromatic carbocycles. The van der Waals surface area contributed by atoms with E-state index in [1.54, 1.807) is 37.3 Å². The fourth-order valence-electron chi connectivity index (χ4n) is 9.87. The SMILES string of the molecule is Cc1cc([C@H]2C3=CC[C@@H]4C(=O)N(c5ccc(N6CCOCC6)cc5)C(=O)[C@@H]4[C@@H]3C[C@H]3C(=O)N(c4cccc(Cl)c4)C(=O)[C@@]23c2ccccc2)ccc1O. The normalized spacial score (nSPS) is 28.2. The van der Waals surface area contributed by atoms with E-state index in [1.165, 1.54) is 9.80 Å². The zero-order valence-electron chi connectivity index (χ0n) is 29.2. The summed E-state index contributed by atoms with van der Waals surface area (Å²) in [5.41, 5.74) is 3.48. The molecule has 2 aliphatic carbocycles. The van der Waals surface area contributed by atoms with Crippen molar-refractivity contribution >= 4 is 52.3 Å². The molecule has 9 nitrogen and oxygen atoms in total. The highest BCUT2D eigenvalue weighted by molar-refractivity contribution is 6.32. The molecule has 268 valence electrons. The average molecular weight is 728 g/mol. The summed E-state index contributed by atoms with van der Waals surface area (Å²) >= 11 is 6.42. The van der Waals surface area contributed by atoms with E-state index >= 15 is 4.79 Å². The fraction of sp³-hybridized carbons (Fsp3) is 0.302. The molecule has 3 saturated heterocycles. The molecule has 10 heteroatoms. The average Bonchev–Trinajstić information content (AvgIpc) is 3.57. The Morgan fingerprint density at radius 3 is 2.21 bits per heavy atom. The van der Waals surface area contributed by atoms with Gasteiger partial charge in [0, 0.05) is 29.7 Å². The summed E-state index contributed by atoms with van der Waals surface area (Å²) in [6.07, 6.45) is 2.59. The maximum absolute atomic E-state index is 15.4. The number of morpholine rings is 1. The quantitative estimate of drug-likeness (QED) is 0.183. The highest BCUT2D eigenvalue weighted by Crippen LogP contribution is 2.64. The lowest BCUT2D eigenvalue weighted by molar-refractivity contribution is -0.127. The van der Waals surface area contributed by atoms with Crippen molar-refractivity contribution in [2.75, 3.05) is 41.0 Å². The lowest BCUT2D eigenvalue weighted by atomic mass is 9.49. The number of hydrogen-bond donors (Lipinski definition) is 1. The minimum Gasteiger partial charge on any atom is -0.508 e. The van der Waals surface area contributed by atoms with E-state index in [0.29, 0.717) is 47.2 Å². The second-order valence-corrected chi connectivity index (χ2v) is 15.2. The molecule has 53 heavy (non-hydrogen) atoms. The summed E-state index contributed by atoms with van der Waals surface area (Å²) in [5, 5.41) is 11.0. The van der Waals surface area contributed by atoms with Crippen molar-refractivity contribution in [1.29, 1.82) is 0 Å². The van der Waals surface area contributed by atoms with Gasteiger partial charge < -0.3 is 14.7 Å². The van der Waals surface area contributed by atoms with E-state index in [4.69, 9.17) is 16.3 Å². The Labute approximate surface area is 312 Å². The highest BCUT2D eigenvalue weighted by atomic mass is 35.5. The number of fused-ring (bicyclic) bond motifs is 4. The van der Waals surface area contributed by atoms with Crippen LogP contribution in [0.2, 0.25) is 5.02 Å². The van der Waals surface area contributed by atoms with Gasteiger partial charge in [-0.25, -0.2) is 4.90 Å². The van der Waals surface area contributed by atoms with Crippen LogP contribution < -0.4 is 14.7 Å². The molecule has 0 bridgehead atoms. The van der Waals surface area contributed by atoms with Gasteiger partial charge in [-0.05, 0) is 90.9 Å². The van der Waals surface area contributed by atoms with Gasteiger partial charge in [0.2, 0.25) is 23.6 Å². The van der Waals surface area contributed by atoms with E-state index in [2.05, 4.69) is 11.0 Å². The summed E-state index contributed by atoms with van der Waals surface area (Å²) in [7, 11) is 0. The Kier molecular flexibility index (Phi) is 8.05. The zero-order chi connectivity index (χ0) is 36.6. The van der Waals surface area contributed by atoms with Gasteiger partial charge in [0.1, 0.15) is 5.75 Å². The molecule has 4 fully saturated rings. The second kappa shape index (κ2) is 12.7. The van der Waals surface area contributed by atoms with Crippen molar-refractivity contribution in [3.8, 4) is 5.75 Å². The summed E-state index contributed by atoms with van der Waals surface area (Å²) in [4.78, 5) is 64.0. The third-order valence-electron chi connectivity index (χ3n) is 12.2. The van der Waals surface area contributed by atoms with Gasteiger partial charge >= 0.3 is 0 Å². The van der Waals surface area contributed by atoms with Crippen LogP contribution in [-0.4, -0.2) is 55.0 Å². The van der Waals surface area contributed by atoms with Crippen molar-refractivity contribution in [3.05, 3.63) is 130 Å². The van der Waals surface area contributed by atoms with Crippen LogP contribution in [0.4, 0.5) is 17.1 Å². The number of carbonyl (C=O) groups is 4. The molecule has 0 unspecified atom stereocenters. The number of imide groups is 2. The first-order chi connectivity index (χ1) is 25.7. The number of hydrogen-bond acceptors (Lipinski definition) is 7. The van der Waals surface area contributed by atoms with Crippen molar-refractivity contribution in [1.82, 2.24) is 0 Å². The number of rotatable bonds is 5. The predicted molar refractivity (Wildman–Crippen MR) is 201 cm³/mol. The first-order valence-corrected chi connectivity index (χ1v) is 18.6. The number of nitrogens with zero attached hydrogens (tertiary/aromatic N) is 3. The van der Waals surface area contributed by atoms with Gasteiger partial charge in [-0.1, -0.05) is 71.8 Å². The predicted octanol–water partition coefficient (Wildman–Crippen LogP) is 6.56. The number of benzene rings is 4. The molecular formula is C43H38ClN3O6. The lowest BCUT2D eigenvalue weighted by Gasteiger charge is -2.50. The number of allylic oxidation sites excluding steroid dienone is 2.